The molecule has 1 atom stereocenters. The molecule has 0 aliphatic carbocycles. The summed E-state index contributed by atoms with van der Waals surface area (Å²) in [6, 6.07) is 0. The number of aliphatic hydroxyl groups is 2. The predicted molar refractivity (Wildman–Crippen MR) is 50.4 cm³/mol. The van der Waals surface area contributed by atoms with Crippen molar-refractivity contribution in [3.63, 3.8) is 0 Å². The van der Waals surface area contributed by atoms with Gasteiger partial charge in [0.2, 0.25) is 0 Å². The summed E-state index contributed by atoms with van der Waals surface area (Å²) >= 11 is 0. The standard InChI is InChI=1S/C8H16N4O2/c1-8(14,5-13)4-9-3-7-11-10-6-12(7)2/h6,9,13-14H,3-5H2,1-2H3. The molecule has 6 heteroatoms. The van der Waals surface area contributed by atoms with E-state index in [0.717, 1.165) is 5.82 Å². The van der Waals surface area contributed by atoms with Gasteiger partial charge in [-0.25, -0.2) is 0 Å². The first-order valence-electron chi connectivity index (χ1n) is 4.42. The van der Waals surface area contributed by atoms with Crippen LogP contribution in [-0.4, -0.2) is 43.7 Å². The summed E-state index contributed by atoms with van der Waals surface area (Å²) in [5, 5.41) is 28.8. The van der Waals surface area contributed by atoms with Crippen LogP contribution < -0.4 is 5.32 Å². The van der Waals surface area contributed by atoms with Gasteiger partial charge in [-0.15, -0.1) is 10.2 Å². The summed E-state index contributed by atoms with van der Waals surface area (Å²) in [7, 11) is 1.85. The van der Waals surface area contributed by atoms with E-state index >= 15 is 0 Å². The van der Waals surface area contributed by atoms with Crippen molar-refractivity contribution < 1.29 is 10.2 Å². The monoisotopic (exact) mass is 200 g/mol. The normalized spacial score (nSPS) is 15.4. The summed E-state index contributed by atoms with van der Waals surface area (Å²) in [5.74, 6) is 0.790. The van der Waals surface area contributed by atoms with Gasteiger partial charge in [0.15, 0.2) is 0 Å². The van der Waals surface area contributed by atoms with Crippen LogP contribution in [0.5, 0.6) is 0 Å². The van der Waals surface area contributed by atoms with Crippen LogP contribution in [0.3, 0.4) is 0 Å². The summed E-state index contributed by atoms with van der Waals surface area (Å²) < 4.78 is 1.79. The van der Waals surface area contributed by atoms with Crippen molar-refractivity contribution in [2.24, 2.45) is 7.05 Å². The van der Waals surface area contributed by atoms with E-state index in [1.807, 2.05) is 7.05 Å². The molecule has 80 valence electrons. The van der Waals surface area contributed by atoms with Gasteiger partial charge in [-0.1, -0.05) is 0 Å². The molecule has 0 bridgehead atoms. The van der Waals surface area contributed by atoms with E-state index in [9.17, 15) is 5.11 Å². The average Bonchev–Trinajstić information content (AvgIpc) is 2.52. The molecule has 1 aromatic rings. The number of hydrogen-bond donors (Lipinski definition) is 3. The van der Waals surface area contributed by atoms with Gasteiger partial charge < -0.3 is 20.1 Å². The molecule has 1 unspecified atom stereocenters. The van der Waals surface area contributed by atoms with E-state index in [1.54, 1.807) is 17.8 Å². The van der Waals surface area contributed by atoms with E-state index < -0.39 is 5.60 Å². The van der Waals surface area contributed by atoms with Crippen LogP contribution in [0.2, 0.25) is 0 Å². The third kappa shape index (κ3) is 3.06. The Balaban J connectivity index is 2.32. The first-order valence-corrected chi connectivity index (χ1v) is 4.42. The summed E-state index contributed by atoms with van der Waals surface area (Å²) in [6.45, 7) is 2.14. The van der Waals surface area contributed by atoms with Gasteiger partial charge in [-0.05, 0) is 6.92 Å². The lowest BCUT2D eigenvalue weighted by molar-refractivity contribution is 0.00239. The SMILES string of the molecule is Cn1cnnc1CNCC(C)(O)CO. The molecule has 0 saturated heterocycles. The molecule has 14 heavy (non-hydrogen) atoms. The lowest BCUT2D eigenvalue weighted by atomic mass is 10.1. The van der Waals surface area contributed by atoms with Crippen molar-refractivity contribution in [2.45, 2.75) is 19.1 Å². The quantitative estimate of drug-likeness (QED) is 0.547. The molecule has 0 aromatic carbocycles. The largest absolute Gasteiger partial charge is 0.393 e. The lowest BCUT2D eigenvalue weighted by Gasteiger charge is -2.20. The highest BCUT2D eigenvalue weighted by atomic mass is 16.3. The smallest absolute Gasteiger partial charge is 0.146 e. The molecular formula is C8H16N4O2. The van der Waals surface area contributed by atoms with Crippen molar-refractivity contribution in [2.75, 3.05) is 13.2 Å². The zero-order valence-corrected chi connectivity index (χ0v) is 8.43. The van der Waals surface area contributed by atoms with Gasteiger partial charge in [0.25, 0.3) is 0 Å². The first kappa shape index (κ1) is 11.1. The Morgan fingerprint density at radius 2 is 2.36 bits per heavy atom. The molecule has 0 spiro atoms. The minimum atomic E-state index is -1.08. The maximum atomic E-state index is 9.47. The van der Waals surface area contributed by atoms with Crippen molar-refractivity contribution in [3.05, 3.63) is 12.2 Å². The number of nitrogens with one attached hydrogen (secondary N) is 1. The Kier molecular flexibility index (Phi) is 3.56. The van der Waals surface area contributed by atoms with Gasteiger partial charge in [0.1, 0.15) is 12.2 Å². The van der Waals surface area contributed by atoms with Crippen molar-refractivity contribution in [1.29, 1.82) is 0 Å². The molecule has 1 aromatic heterocycles. The number of nitrogens with zero attached hydrogens (tertiary/aromatic N) is 3. The Bertz CT molecular complexity index is 285. The Morgan fingerprint density at radius 3 is 2.86 bits per heavy atom. The number of hydrogen-bond acceptors (Lipinski definition) is 5. The average molecular weight is 200 g/mol. The molecule has 1 rings (SSSR count). The number of aryl methyl sites for hydroxylation is 1. The van der Waals surface area contributed by atoms with Crippen LogP contribution in [-0.2, 0) is 13.6 Å². The molecule has 0 amide bonds. The summed E-state index contributed by atoms with van der Waals surface area (Å²) in [4.78, 5) is 0. The zero-order valence-electron chi connectivity index (χ0n) is 8.43. The third-order valence-electron chi connectivity index (χ3n) is 1.93. The van der Waals surface area contributed by atoms with Gasteiger partial charge in [-0.3, -0.25) is 0 Å². The van der Waals surface area contributed by atoms with E-state index in [0.29, 0.717) is 13.1 Å². The molecule has 0 radical (unpaired) electrons. The second-order valence-corrected chi connectivity index (χ2v) is 3.62. The van der Waals surface area contributed by atoms with E-state index in [4.69, 9.17) is 5.11 Å². The highest BCUT2D eigenvalue weighted by Crippen LogP contribution is 1.99. The van der Waals surface area contributed by atoms with Crippen LogP contribution in [0.15, 0.2) is 6.33 Å². The maximum absolute atomic E-state index is 9.47. The van der Waals surface area contributed by atoms with Crippen LogP contribution >= 0.6 is 0 Å². The molecule has 1 heterocycles. The van der Waals surface area contributed by atoms with Crippen molar-refractivity contribution in [3.8, 4) is 0 Å². The molecule has 3 N–H and O–H groups in total. The molecule has 0 aliphatic rings. The topological polar surface area (TPSA) is 83.2 Å². The fourth-order valence-corrected chi connectivity index (χ4v) is 0.967. The van der Waals surface area contributed by atoms with E-state index in [-0.39, 0.29) is 6.61 Å². The number of aliphatic hydroxyl groups excluding tert-OH is 1. The fourth-order valence-electron chi connectivity index (χ4n) is 0.967. The highest BCUT2D eigenvalue weighted by molar-refractivity contribution is 4.84. The first-order chi connectivity index (χ1) is 6.55. The molecule has 0 fully saturated rings. The second kappa shape index (κ2) is 4.50. The Labute approximate surface area is 82.6 Å². The van der Waals surface area contributed by atoms with Crippen LogP contribution in [0.1, 0.15) is 12.7 Å². The molecular weight excluding hydrogens is 184 g/mol. The van der Waals surface area contributed by atoms with Gasteiger partial charge in [0, 0.05) is 13.6 Å². The number of rotatable bonds is 5. The van der Waals surface area contributed by atoms with Gasteiger partial charge >= 0.3 is 0 Å². The minimum absolute atomic E-state index is 0.265. The predicted octanol–water partition coefficient (Wildman–Crippen LogP) is -1.35. The lowest BCUT2D eigenvalue weighted by Crippen LogP contribution is -2.40. The Morgan fingerprint density at radius 1 is 1.64 bits per heavy atom. The highest BCUT2D eigenvalue weighted by Gasteiger charge is 2.18. The van der Waals surface area contributed by atoms with Crippen molar-refractivity contribution in [1.82, 2.24) is 20.1 Å². The molecule has 6 nitrogen and oxygen atoms in total. The van der Waals surface area contributed by atoms with Crippen LogP contribution in [0.25, 0.3) is 0 Å². The Hall–Kier alpha value is -0.980. The minimum Gasteiger partial charge on any atom is -0.393 e. The zero-order chi connectivity index (χ0) is 10.6. The second-order valence-electron chi connectivity index (χ2n) is 3.62. The van der Waals surface area contributed by atoms with E-state index in [2.05, 4.69) is 15.5 Å². The van der Waals surface area contributed by atoms with Crippen molar-refractivity contribution >= 4 is 0 Å². The van der Waals surface area contributed by atoms with Crippen LogP contribution in [0, 0.1) is 0 Å². The maximum Gasteiger partial charge on any atom is 0.146 e. The van der Waals surface area contributed by atoms with Gasteiger partial charge in [0.05, 0.1) is 18.8 Å². The summed E-state index contributed by atoms with van der Waals surface area (Å²) in [5.41, 5.74) is -1.08. The number of aromatic nitrogens is 3. The molecule has 0 saturated carbocycles. The van der Waals surface area contributed by atoms with E-state index in [1.165, 1.54) is 0 Å². The molecule has 0 aliphatic heterocycles. The fraction of sp³-hybridized carbons (Fsp3) is 0.750. The summed E-state index contributed by atoms with van der Waals surface area (Å²) in [6.07, 6.45) is 1.61. The van der Waals surface area contributed by atoms with Crippen LogP contribution in [0.4, 0.5) is 0 Å². The van der Waals surface area contributed by atoms with Gasteiger partial charge in [-0.2, -0.15) is 0 Å². The third-order valence-corrected chi connectivity index (χ3v) is 1.93.